The zero-order chi connectivity index (χ0) is 13.8. The zero-order valence-electron chi connectivity index (χ0n) is 10.8. The Morgan fingerprint density at radius 2 is 2.11 bits per heavy atom. The van der Waals surface area contributed by atoms with Crippen LogP contribution in [0.25, 0.3) is 0 Å². The molecule has 1 aromatic heterocycles. The van der Waals surface area contributed by atoms with E-state index in [9.17, 15) is 4.79 Å². The molecule has 0 saturated carbocycles. The van der Waals surface area contributed by atoms with Crippen LogP contribution in [0, 0.1) is 0 Å². The number of rotatable bonds is 4. The van der Waals surface area contributed by atoms with Gasteiger partial charge in [-0.25, -0.2) is 0 Å². The van der Waals surface area contributed by atoms with Crippen LogP contribution in [-0.4, -0.2) is 25.2 Å². The van der Waals surface area contributed by atoms with Crippen molar-refractivity contribution in [1.29, 1.82) is 0 Å². The van der Waals surface area contributed by atoms with E-state index < -0.39 is 0 Å². The maximum absolute atomic E-state index is 12.2. The van der Waals surface area contributed by atoms with Gasteiger partial charge in [-0.05, 0) is 24.3 Å². The number of benzene rings is 1. The molecule has 0 spiro atoms. The molecular formula is C13H15N3O3. The summed E-state index contributed by atoms with van der Waals surface area (Å²) < 4.78 is 9.90. The molecule has 0 atom stereocenters. The van der Waals surface area contributed by atoms with Gasteiger partial charge in [0.05, 0.1) is 0 Å². The molecule has 0 aliphatic rings. The quantitative estimate of drug-likeness (QED) is 0.847. The molecule has 2 rings (SSSR count). The number of amides is 1. The average Bonchev–Trinajstić information content (AvgIpc) is 2.87. The van der Waals surface area contributed by atoms with Crippen molar-refractivity contribution in [2.75, 3.05) is 24.8 Å². The first-order valence-electron chi connectivity index (χ1n) is 5.70. The summed E-state index contributed by atoms with van der Waals surface area (Å²) in [6.07, 6.45) is 0. The summed E-state index contributed by atoms with van der Waals surface area (Å²) >= 11 is 0. The van der Waals surface area contributed by atoms with Crippen molar-refractivity contribution in [1.82, 2.24) is 5.16 Å². The Bertz CT molecular complexity index is 563. The van der Waals surface area contributed by atoms with Crippen LogP contribution in [0.3, 0.4) is 0 Å². The van der Waals surface area contributed by atoms with E-state index >= 15 is 0 Å². The average molecular weight is 261 g/mol. The van der Waals surface area contributed by atoms with Gasteiger partial charge < -0.3 is 19.9 Å². The lowest BCUT2D eigenvalue weighted by Gasteiger charge is -2.15. The molecule has 0 unspecified atom stereocenters. The second-order valence-corrected chi connectivity index (χ2v) is 4.07. The van der Waals surface area contributed by atoms with Crippen LogP contribution in [0.4, 0.5) is 11.4 Å². The molecule has 0 fully saturated rings. The van der Waals surface area contributed by atoms with E-state index in [4.69, 9.17) is 15.0 Å². The van der Waals surface area contributed by atoms with Crippen molar-refractivity contribution in [2.45, 2.75) is 6.61 Å². The summed E-state index contributed by atoms with van der Waals surface area (Å²) in [6, 6.07) is 8.57. The molecule has 1 aromatic carbocycles. The first kappa shape index (κ1) is 13.1. The number of carbonyl (C=O) groups excluding carboxylic acids is 1. The van der Waals surface area contributed by atoms with Gasteiger partial charge in [-0.1, -0.05) is 5.16 Å². The predicted octanol–water partition coefficient (Wildman–Crippen LogP) is 1.68. The molecule has 2 N–H and O–H groups in total. The van der Waals surface area contributed by atoms with E-state index in [0.717, 1.165) is 5.69 Å². The molecular weight excluding hydrogens is 246 g/mol. The van der Waals surface area contributed by atoms with E-state index in [-0.39, 0.29) is 18.2 Å². The first-order chi connectivity index (χ1) is 9.11. The minimum Gasteiger partial charge on any atom is -0.399 e. The standard InChI is InChI=1S/C13H15N3O3/c1-16(10-5-3-9(14)4-6-10)13(17)12-7-11(8-18-2)19-15-12/h3-7H,8,14H2,1-2H3. The maximum atomic E-state index is 12.2. The Morgan fingerprint density at radius 3 is 2.74 bits per heavy atom. The highest BCUT2D eigenvalue weighted by Crippen LogP contribution is 2.17. The fourth-order valence-corrected chi connectivity index (χ4v) is 1.61. The van der Waals surface area contributed by atoms with Crippen LogP contribution >= 0.6 is 0 Å². The van der Waals surface area contributed by atoms with Gasteiger partial charge in [-0.15, -0.1) is 0 Å². The van der Waals surface area contributed by atoms with Gasteiger partial charge >= 0.3 is 0 Å². The number of hydrogen-bond acceptors (Lipinski definition) is 5. The number of aromatic nitrogens is 1. The Balaban J connectivity index is 2.15. The molecule has 100 valence electrons. The normalized spacial score (nSPS) is 10.4. The van der Waals surface area contributed by atoms with Crippen LogP contribution < -0.4 is 10.6 Å². The number of hydrogen-bond donors (Lipinski definition) is 1. The van der Waals surface area contributed by atoms with Gasteiger partial charge in [0.15, 0.2) is 11.5 Å². The van der Waals surface area contributed by atoms with Crippen molar-refractivity contribution in [3.63, 3.8) is 0 Å². The SMILES string of the molecule is COCc1cc(C(=O)N(C)c2ccc(N)cc2)no1. The van der Waals surface area contributed by atoms with Crippen molar-refractivity contribution in [2.24, 2.45) is 0 Å². The number of ether oxygens (including phenoxy) is 1. The van der Waals surface area contributed by atoms with Crippen LogP contribution in [0.5, 0.6) is 0 Å². The molecule has 6 heteroatoms. The van der Waals surface area contributed by atoms with Gasteiger partial charge in [-0.2, -0.15) is 0 Å². The third-order valence-electron chi connectivity index (χ3n) is 2.65. The Hall–Kier alpha value is -2.34. The van der Waals surface area contributed by atoms with Gasteiger partial charge in [0.1, 0.15) is 6.61 Å². The minimum absolute atomic E-state index is 0.242. The Morgan fingerprint density at radius 1 is 1.42 bits per heavy atom. The van der Waals surface area contributed by atoms with Crippen molar-refractivity contribution in [3.05, 3.63) is 41.8 Å². The summed E-state index contributed by atoms with van der Waals surface area (Å²) in [4.78, 5) is 13.7. The third kappa shape index (κ3) is 2.92. The monoisotopic (exact) mass is 261 g/mol. The van der Waals surface area contributed by atoms with E-state index in [1.807, 2.05) is 0 Å². The molecule has 1 amide bonds. The minimum atomic E-state index is -0.254. The number of anilines is 2. The van der Waals surface area contributed by atoms with Crippen LogP contribution in [0.15, 0.2) is 34.9 Å². The fourth-order valence-electron chi connectivity index (χ4n) is 1.61. The highest BCUT2D eigenvalue weighted by atomic mass is 16.5. The molecule has 19 heavy (non-hydrogen) atoms. The lowest BCUT2D eigenvalue weighted by Crippen LogP contribution is -2.26. The zero-order valence-corrected chi connectivity index (χ0v) is 10.8. The maximum Gasteiger partial charge on any atom is 0.280 e. The molecule has 1 heterocycles. The largest absolute Gasteiger partial charge is 0.399 e. The fraction of sp³-hybridized carbons (Fsp3) is 0.231. The van der Waals surface area contributed by atoms with Gasteiger partial charge in [0, 0.05) is 31.6 Å². The molecule has 0 aliphatic carbocycles. The molecule has 0 aliphatic heterocycles. The third-order valence-corrected chi connectivity index (χ3v) is 2.65. The summed E-state index contributed by atoms with van der Waals surface area (Å²) in [7, 11) is 3.21. The molecule has 2 aromatic rings. The number of nitrogen functional groups attached to an aromatic ring is 1. The lowest BCUT2D eigenvalue weighted by molar-refractivity contribution is 0.0983. The summed E-state index contributed by atoms with van der Waals surface area (Å²) in [5, 5.41) is 3.73. The molecule has 0 radical (unpaired) electrons. The highest BCUT2D eigenvalue weighted by Gasteiger charge is 2.18. The summed E-state index contributed by atoms with van der Waals surface area (Å²) in [5.41, 5.74) is 7.23. The lowest BCUT2D eigenvalue weighted by atomic mass is 10.2. The van der Waals surface area contributed by atoms with Crippen LogP contribution in [0.1, 0.15) is 16.2 Å². The predicted molar refractivity (Wildman–Crippen MR) is 70.8 cm³/mol. The van der Waals surface area contributed by atoms with E-state index in [2.05, 4.69) is 5.16 Å². The Labute approximate surface area is 110 Å². The van der Waals surface area contributed by atoms with E-state index in [0.29, 0.717) is 11.4 Å². The highest BCUT2D eigenvalue weighted by molar-refractivity contribution is 6.04. The number of carbonyl (C=O) groups is 1. The molecule has 0 saturated heterocycles. The second-order valence-electron chi connectivity index (χ2n) is 4.07. The van der Waals surface area contributed by atoms with Crippen molar-refractivity contribution >= 4 is 17.3 Å². The van der Waals surface area contributed by atoms with Gasteiger partial charge in [0.25, 0.3) is 5.91 Å². The van der Waals surface area contributed by atoms with Crippen molar-refractivity contribution < 1.29 is 14.1 Å². The van der Waals surface area contributed by atoms with E-state index in [1.165, 1.54) is 4.90 Å². The van der Waals surface area contributed by atoms with Crippen molar-refractivity contribution in [3.8, 4) is 0 Å². The van der Waals surface area contributed by atoms with Crippen LogP contribution in [-0.2, 0) is 11.3 Å². The smallest absolute Gasteiger partial charge is 0.280 e. The first-order valence-corrected chi connectivity index (χ1v) is 5.70. The second kappa shape index (κ2) is 5.53. The number of methoxy groups -OCH3 is 1. The Kier molecular flexibility index (Phi) is 3.82. The molecule has 6 nitrogen and oxygen atoms in total. The topological polar surface area (TPSA) is 81.6 Å². The van der Waals surface area contributed by atoms with Crippen LogP contribution in [0.2, 0.25) is 0 Å². The van der Waals surface area contributed by atoms with Gasteiger partial charge in [0.2, 0.25) is 0 Å². The number of nitrogens with zero attached hydrogens (tertiary/aromatic N) is 2. The summed E-state index contributed by atoms with van der Waals surface area (Å²) in [6.45, 7) is 0.284. The van der Waals surface area contributed by atoms with E-state index in [1.54, 1.807) is 44.5 Å². The summed E-state index contributed by atoms with van der Waals surface area (Å²) in [5.74, 6) is 0.257. The number of nitrogens with two attached hydrogens (primary N) is 1. The van der Waals surface area contributed by atoms with Gasteiger partial charge in [-0.3, -0.25) is 4.79 Å². The molecule has 0 bridgehead atoms.